The second kappa shape index (κ2) is 6.91. The average Bonchev–Trinajstić information content (AvgIpc) is 2.85. The Hall–Kier alpha value is -0.860. The molecule has 0 aromatic heterocycles. The Morgan fingerprint density at radius 2 is 1.83 bits per heavy atom. The largest absolute Gasteiger partial charge is 0.313 e. The van der Waals surface area contributed by atoms with E-state index in [0.29, 0.717) is 0 Å². The van der Waals surface area contributed by atoms with Gasteiger partial charge in [-0.15, -0.1) is 0 Å². The zero-order chi connectivity index (χ0) is 12.8. The van der Waals surface area contributed by atoms with Crippen LogP contribution in [-0.2, 0) is 6.54 Å². The molecule has 0 radical (unpaired) electrons. The van der Waals surface area contributed by atoms with Crippen molar-refractivity contribution in [2.24, 2.45) is 0 Å². The molecule has 2 heteroatoms. The topological polar surface area (TPSA) is 15.3 Å². The van der Waals surface area contributed by atoms with Crippen LogP contribution in [0.25, 0.3) is 0 Å². The maximum absolute atomic E-state index is 3.67. The lowest BCUT2D eigenvalue weighted by atomic mass is 10.1. The fraction of sp³-hybridized carbons (Fsp3) is 0.625. The van der Waals surface area contributed by atoms with Gasteiger partial charge in [0.2, 0.25) is 0 Å². The van der Waals surface area contributed by atoms with Gasteiger partial charge in [-0.2, -0.15) is 0 Å². The third-order valence-electron chi connectivity index (χ3n) is 3.85. The highest BCUT2D eigenvalue weighted by molar-refractivity contribution is 5.21. The molecule has 1 fully saturated rings. The number of hydrogen-bond acceptors (Lipinski definition) is 2. The summed E-state index contributed by atoms with van der Waals surface area (Å²) < 4.78 is 0. The van der Waals surface area contributed by atoms with E-state index in [4.69, 9.17) is 0 Å². The minimum absolute atomic E-state index is 0.790. The molecular formula is C16H26N2. The first kappa shape index (κ1) is 13.6. The summed E-state index contributed by atoms with van der Waals surface area (Å²) in [4.78, 5) is 2.40. The molecule has 2 rings (SSSR count). The van der Waals surface area contributed by atoms with Crippen molar-refractivity contribution in [3.63, 3.8) is 0 Å². The van der Waals surface area contributed by atoms with Crippen LogP contribution in [0.4, 0.5) is 0 Å². The maximum atomic E-state index is 3.67. The molecule has 0 bridgehead atoms. The van der Waals surface area contributed by atoms with Crippen molar-refractivity contribution in [3.05, 3.63) is 35.4 Å². The fourth-order valence-corrected chi connectivity index (χ4v) is 2.67. The van der Waals surface area contributed by atoms with Crippen LogP contribution in [0, 0.1) is 6.92 Å². The first-order valence-corrected chi connectivity index (χ1v) is 7.21. The van der Waals surface area contributed by atoms with Gasteiger partial charge in [0, 0.05) is 25.7 Å². The Morgan fingerprint density at radius 1 is 1.17 bits per heavy atom. The molecule has 0 aliphatic heterocycles. The molecule has 1 N–H and O–H groups in total. The molecule has 0 unspecified atom stereocenters. The van der Waals surface area contributed by atoms with E-state index >= 15 is 0 Å². The van der Waals surface area contributed by atoms with Crippen LogP contribution in [-0.4, -0.2) is 31.1 Å². The van der Waals surface area contributed by atoms with Gasteiger partial charge in [0.15, 0.2) is 0 Å². The van der Waals surface area contributed by atoms with E-state index in [1.807, 2.05) is 0 Å². The smallest absolute Gasteiger partial charge is 0.0231 e. The van der Waals surface area contributed by atoms with Gasteiger partial charge in [0.05, 0.1) is 0 Å². The van der Waals surface area contributed by atoms with Crippen molar-refractivity contribution in [2.75, 3.05) is 20.1 Å². The van der Waals surface area contributed by atoms with E-state index in [-0.39, 0.29) is 0 Å². The molecule has 2 nitrogen and oxygen atoms in total. The SMILES string of the molecule is Cc1ccc(CN(C)CCNC2CCCC2)cc1. The van der Waals surface area contributed by atoms with Crippen LogP contribution in [0.5, 0.6) is 0 Å². The Balaban J connectivity index is 1.65. The van der Waals surface area contributed by atoms with E-state index in [1.54, 1.807) is 0 Å². The number of rotatable bonds is 6. The second-order valence-electron chi connectivity index (χ2n) is 5.66. The van der Waals surface area contributed by atoms with Gasteiger partial charge in [-0.3, -0.25) is 0 Å². The zero-order valence-corrected chi connectivity index (χ0v) is 11.8. The highest BCUT2D eigenvalue weighted by Crippen LogP contribution is 2.17. The van der Waals surface area contributed by atoms with E-state index in [0.717, 1.165) is 25.7 Å². The summed E-state index contributed by atoms with van der Waals surface area (Å²) in [6, 6.07) is 9.64. The van der Waals surface area contributed by atoms with Crippen LogP contribution < -0.4 is 5.32 Å². The summed E-state index contributed by atoms with van der Waals surface area (Å²) in [7, 11) is 2.20. The zero-order valence-electron chi connectivity index (χ0n) is 11.8. The molecule has 0 saturated heterocycles. The van der Waals surface area contributed by atoms with Crippen LogP contribution in [0.2, 0.25) is 0 Å². The van der Waals surface area contributed by atoms with Gasteiger partial charge in [-0.05, 0) is 32.4 Å². The number of benzene rings is 1. The summed E-state index contributed by atoms with van der Waals surface area (Å²) in [5.41, 5.74) is 2.74. The monoisotopic (exact) mass is 246 g/mol. The molecule has 1 aromatic carbocycles. The molecule has 100 valence electrons. The number of nitrogens with one attached hydrogen (secondary N) is 1. The Bertz CT molecular complexity index is 339. The van der Waals surface area contributed by atoms with Crippen molar-refractivity contribution in [3.8, 4) is 0 Å². The highest BCUT2D eigenvalue weighted by Gasteiger charge is 2.13. The summed E-state index contributed by atoms with van der Waals surface area (Å²) >= 11 is 0. The molecular weight excluding hydrogens is 220 g/mol. The van der Waals surface area contributed by atoms with Gasteiger partial charge in [0.25, 0.3) is 0 Å². The predicted octanol–water partition coefficient (Wildman–Crippen LogP) is 2.96. The lowest BCUT2D eigenvalue weighted by Gasteiger charge is -2.19. The molecule has 1 aliphatic carbocycles. The summed E-state index contributed by atoms with van der Waals surface area (Å²) in [5, 5.41) is 3.67. The van der Waals surface area contributed by atoms with E-state index < -0.39 is 0 Å². The first-order chi connectivity index (χ1) is 8.74. The molecule has 1 aliphatic rings. The molecule has 1 aromatic rings. The van der Waals surface area contributed by atoms with Crippen molar-refractivity contribution < 1.29 is 0 Å². The number of likely N-dealkylation sites (N-methyl/N-ethyl adjacent to an activating group) is 1. The van der Waals surface area contributed by atoms with Gasteiger partial charge in [-0.25, -0.2) is 0 Å². The van der Waals surface area contributed by atoms with E-state index in [9.17, 15) is 0 Å². The van der Waals surface area contributed by atoms with E-state index in [1.165, 1.54) is 36.8 Å². The normalized spacial score (nSPS) is 16.6. The maximum Gasteiger partial charge on any atom is 0.0231 e. The van der Waals surface area contributed by atoms with Crippen LogP contribution in [0.15, 0.2) is 24.3 Å². The standard InChI is InChI=1S/C16H26N2/c1-14-7-9-15(10-8-14)13-18(2)12-11-17-16-5-3-4-6-16/h7-10,16-17H,3-6,11-13H2,1-2H3. The minimum Gasteiger partial charge on any atom is -0.313 e. The minimum atomic E-state index is 0.790. The second-order valence-corrected chi connectivity index (χ2v) is 5.66. The molecule has 0 spiro atoms. The third-order valence-corrected chi connectivity index (χ3v) is 3.85. The number of hydrogen-bond donors (Lipinski definition) is 1. The lowest BCUT2D eigenvalue weighted by molar-refractivity contribution is 0.316. The first-order valence-electron chi connectivity index (χ1n) is 7.21. The van der Waals surface area contributed by atoms with Gasteiger partial charge in [0.1, 0.15) is 0 Å². The Labute approximate surface area is 111 Å². The summed E-state index contributed by atoms with van der Waals surface area (Å²) in [5.74, 6) is 0. The van der Waals surface area contributed by atoms with E-state index in [2.05, 4.69) is 48.5 Å². The van der Waals surface area contributed by atoms with Crippen molar-refractivity contribution >= 4 is 0 Å². The average molecular weight is 246 g/mol. The predicted molar refractivity (Wildman–Crippen MR) is 77.8 cm³/mol. The van der Waals surface area contributed by atoms with Gasteiger partial charge in [-0.1, -0.05) is 42.7 Å². The highest BCUT2D eigenvalue weighted by atomic mass is 15.1. The Kier molecular flexibility index (Phi) is 5.21. The van der Waals surface area contributed by atoms with Crippen LogP contribution in [0.1, 0.15) is 36.8 Å². The third kappa shape index (κ3) is 4.43. The summed E-state index contributed by atoms with van der Waals surface area (Å²) in [6.07, 6.45) is 5.58. The molecule has 18 heavy (non-hydrogen) atoms. The van der Waals surface area contributed by atoms with Gasteiger partial charge < -0.3 is 10.2 Å². The molecule has 1 saturated carbocycles. The van der Waals surface area contributed by atoms with Crippen molar-refractivity contribution in [2.45, 2.75) is 45.2 Å². The fourth-order valence-electron chi connectivity index (χ4n) is 2.67. The molecule has 0 heterocycles. The van der Waals surface area contributed by atoms with Crippen molar-refractivity contribution in [1.82, 2.24) is 10.2 Å². The van der Waals surface area contributed by atoms with Crippen molar-refractivity contribution in [1.29, 1.82) is 0 Å². The molecule has 0 atom stereocenters. The number of aryl methyl sites for hydroxylation is 1. The van der Waals surface area contributed by atoms with Crippen LogP contribution in [0.3, 0.4) is 0 Å². The van der Waals surface area contributed by atoms with Crippen LogP contribution >= 0.6 is 0 Å². The van der Waals surface area contributed by atoms with Gasteiger partial charge >= 0.3 is 0 Å². The molecule has 0 amide bonds. The summed E-state index contributed by atoms with van der Waals surface area (Å²) in [6.45, 7) is 5.43. The lowest BCUT2D eigenvalue weighted by Crippen LogP contribution is -2.34. The number of nitrogens with zero attached hydrogens (tertiary/aromatic N) is 1. The Morgan fingerprint density at radius 3 is 2.50 bits per heavy atom. The quantitative estimate of drug-likeness (QED) is 0.830.